The Bertz CT molecular complexity index is 736. The van der Waals surface area contributed by atoms with Gasteiger partial charge in [-0.05, 0) is 31.5 Å². The zero-order chi connectivity index (χ0) is 13.4. The summed E-state index contributed by atoms with van der Waals surface area (Å²) < 4.78 is 2.20. The highest BCUT2D eigenvalue weighted by Gasteiger charge is 2.20. The fraction of sp³-hybridized carbons (Fsp3) is 0.250. The van der Waals surface area contributed by atoms with E-state index in [1.807, 2.05) is 24.9 Å². The molecule has 4 heteroatoms. The van der Waals surface area contributed by atoms with Crippen LogP contribution < -0.4 is 5.32 Å². The number of benzene rings is 1. The van der Waals surface area contributed by atoms with Crippen molar-refractivity contribution in [1.82, 2.24) is 19.9 Å². The number of hydrogen-bond acceptors (Lipinski definition) is 3. The Hall–Kier alpha value is -2.20. The minimum absolute atomic E-state index is 0.412. The van der Waals surface area contributed by atoms with Gasteiger partial charge in [0.15, 0.2) is 0 Å². The molecule has 1 atom stereocenters. The topological polar surface area (TPSA) is 42.7 Å². The van der Waals surface area contributed by atoms with Crippen LogP contribution in [0.3, 0.4) is 0 Å². The van der Waals surface area contributed by atoms with E-state index < -0.39 is 0 Å². The SMILES string of the molecule is c1cc(-n2cncc2C2CCCN2)c2ccncc2c1. The monoisotopic (exact) mass is 264 g/mol. The smallest absolute Gasteiger partial charge is 0.0994 e. The first kappa shape index (κ1) is 11.6. The zero-order valence-corrected chi connectivity index (χ0v) is 11.2. The van der Waals surface area contributed by atoms with Crippen LogP contribution in [0.5, 0.6) is 0 Å². The molecule has 1 aromatic carbocycles. The van der Waals surface area contributed by atoms with E-state index in [2.05, 4.69) is 44.1 Å². The summed E-state index contributed by atoms with van der Waals surface area (Å²) in [6.07, 6.45) is 10.0. The maximum atomic E-state index is 4.36. The lowest BCUT2D eigenvalue weighted by Crippen LogP contribution is -2.16. The third kappa shape index (κ3) is 1.80. The minimum Gasteiger partial charge on any atom is -0.309 e. The molecular weight excluding hydrogens is 248 g/mol. The van der Waals surface area contributed by atoms with Crippen LogP contribution >= 0.6 is 0 Å². The highest BCUT2D eigenvalue weighted by molar-refractivity contribution is 5.89. The standard InChI is InChI=1S/C16H16N4/c1-3-12-9-17-8-6-13(12)15(5-1)20-11-18-10-16(20)14-4-2-7-19-14/h1,3,5-6,8-11,14,19H,2,4,7H2. The molecule has 0 aliphatic carbocycles. The molecule has 1 saturated heterocycles. The Morgan fingerprint density at radius 2 is 2.15 bits per heavy atom. The van der Waals surface area contributed by atoms with Gasteiger partial charge in [0.25, 0.3) is 0 Å². The Labute approximate surface area is 117 Å². The minimum atomic E-state index is 0.412. The van der Waals surface area contributed by atoms with E-state index in [1.54, 1.807) is 0 Å². The van der Waals surface area contributed by atoms with Crippen molar-refractivity contribution < 1.29 is 0 Å². The lowest BCUT2D eigenvalue weighted by Gasteiger charge is -2.15. The number of aromatic nitrogens is 3. The summed E-state index contributed by atoms with van der Waals surface area (Å²) in [6, 6.07) is 8.79. The molecule has 3 aromatic rings. The van der Waals surface area contributed by atoms with Crippen LogP contribution in [0, 0.1) is 0 Å². The lowest BCUT2D eigenvalue weighted by molar-refractivity contribution is 0.616. The molecule has 4 rings (SSSR count). The molecule has 0 saturated carbocycles. The summed E-state index contributed by atoms with van der Waals surface area (Å²) in [6.45, 7) is 1.09. The van der Waals surface area contributed by atoms with Crippen LogP contribution in [0.4, 0.5) is 0 Å². The van der Waals surface area contributed by atoms with Crippen LogP contribution in [-0.4, -0.2) is 21.1 Å². The second-order valence-electron chi connectivity index (χ2n) is 5.21. The normalized spacial score (nSPS) is 18.7. The molecule has 3 heterocycles. The van der Waals surface area contributed by atoms with Gasteiger partial charge in [-0.2, -0.15) is 0 Å². The average molecular weight is 264 g/mol. The fourth-order valence-corrected chi connectivity index (χ4v) is 3.02. The Morgan fingerprint density at radius 3 is 3.05 bits per heavy atom. The molecule has 0 spiro atoms. The molecule has 1 N–H and O–H groups in total. The third-order valence-electron chi connectivity index (χ3n) is 4.00. The number of nitrogens with one attached hydrogen (secondary N) is 1. The first-order valence-electron chi connectivity index (χ1n) is 7.02. The average Bonchev–Trinajstić information content (AvgIpc) is 3.17. The Kier molecular flexibility index (Phi) is 2.74. The van der Waals surface area contributed by atoms with Crippen molar-refractivity contribution in [2.45, 2.75) is 18.9 Å². The van der Waals surface area contributed by atoms with Gasteiger partial charge in [-0.15, -0.1) is 0 Å². The highest BCUT2D eigenvalue weighted by atomic mass is 15.1. The van der Waals surface area contributed by atoms with Gasteiger partial charge in [0.1, 0.15) is 0 Å². The summed E-state index contributed by atoms with van der Waals surface area (Å²) in [4.78, 5) is 8.56. The van der Waals surface area contributed by atoms with Gasteiger partial charge in [0.2, 0.25) is 0 Å². The van der Waals surface area contributed by atoms with Crippen molar-refractivity contribution in [1.29, 1.82) is 0 Å². The molecule has 100 valence electrons. The number of pyridine rings is 1. The summed E-state index contributed by atoms with van der Waals surface area (Å²) in [7, 11) is 0. The van der Waals surface area contributed by atoms with Crippen LogP contribution in [0.15, 0.2) is 49.2 Å². The number of fused-ring (bicyclic) bond motifs is 1. The van der Waals surface area contributed by atoms with Crippen LogP contribution in [0.2, 0.25) is 0 Å². The van der Waals surface area contributed by atoms with E-state index in [0.29, 0.717) is 6.04 Å². The summed E-state index contributed by atoms with van der Waals surface area (Å²) in [5.74, 6) is 0. The van der Waals surface area contributed by atoms with E-state index in [-0.39, 0.29) is 0 Å². The largest absolute Gasteiger partial charge is 0.309 e. The van der Waals surface area contributed by atoms with Crippen LogP contribution in [-0.2, 0) is 0 Å². The van der Waals surface area contributed by atoms with Gasteiger partial charge in [-0.25, -0.2) is 4.98 Å². The molecule has 0 amide bonds. The maximum absolute atomic E-state index is 4.36. The van der Waals surface area contributed by atoms with Gasteiger partial charge >= 0.3 is 0 Å². The first-order valence-corrected chi connectivity index (χ1v) is 7.02. The van der Waals surface area contributed by atoms with Crippen molar-refractivity contribution in [3.63, 3.8) is 0 Å². The van der Waals surface area contributed by atoms with Gasteiger partial charge in [-0.3, -0.25) is 4.98 Å². The van der Waals surface area contributed by atoms with E-state index in [4.69, 9.17) is 0 Å². The molecule has 0 bridgehead atoms. The van der Waals surface area contributed by atoms with E-state index >= 15 is 0 Å². The molecule has 2 aromatic heterocycles. The third-order valence-corrected chi connectivity index (χ3v) is 4.00. The number of hydrogen-bond donors (Lipinski definition) is 1. The summed E-state index contributed by atoms with van der Waals surface area (Å²) in [5, 5.41) is 5.91. The Balaban J connectivity index is 1.89. The van der Waals surface area contributed by atoms with Crippen molar-refractivity contribution in [2.75, 3.05) is 6.54 Å². The Morgan fingerprint density at radius 1 is 1.15 bits per heavy atom. The predicted octanol–water partition coefficient (Wildman–Crippen LogP) is 2.85. The molecule has 1 aliphatic rings. The highest BCUT2D eigenvalue weighted by Crippen LogP contribution is 2.28. The fourth-order valence-electron chi connectivity index (χ4n) is 3.02. The van der Waals surface area contributed by atoms with Crippen molar-refractivity contribution in [3.05, 3.63) is 54.9 Å². The molecule has 1 unspecified atom stereocenters. The van der Waals surface area contributed by atoms with Gasteiger partial charge in [0.05, 0.1) is 23.9 Å². The number of nitrogens with zero attached hydrogens (tertiary/aromatic N) is 3. The first-order chi connectivity index (χ1) is 9.93. The number of rotatable bonds is 2. The van der Waals surface area contributed by atoms with Gasteiger partial charge in [-0.1, -0.05) is 12.1 Å². The number of imidazole rings is 1. The van der Waals surface area contributed by atoms with Crippen LogP contribution in [0.25, 0.3) is 16.5 Å². The zero-order valence-electron chi connectivity index (χ0n) is 11.2. The molecule has 1 fully saturated rings. The van der Waals surface area contributed by atoms with Crippen molar-refractivity contribution in [3.8, 4) is 5.69 Å². The van der Waals surface area contributed by atoms with E-state index in [0.717, 1.165) is 11.9 Å². The maximum Gasteiger partial charge on any atom is 0.0994 e. The lowest BCUT2D eigenvalue weighted by atomic mass is 10.1. The van der Waals surface area contributed by atoms with E-state index in [9.17, 15) is 0 Å². The van der Waals surface area contributed by atoms with E-state index in [1.165, 1.54) is 29.6 Å². The van der Waals surface area contributed by atoms with Gasteiger partial charge < -0.3 is 9.88 Å². The summed E-state index contributed by atoms with van der Waals surface area (Å²) in [5.41, 5.74) is 2.41. The van der Waals surface area contributed by atoms with Gasteiger partial charge in [0, 0.05) is 29.2 Å². The predicted molar refractivity (Wildman–Crippen MR) is 78.8 cm³/mol. The molecule has 20 heavy (non-hydrogen) atoms. The van der Waals surface area contributed by atoms with Crippen molar-refractivity contribution >= 4 is 10.8 Å². The second kappa shape index (κ2) is 4.72. The quantitative estimate of drug-likeness (QED) is 0.774. The summed E-state index contributed by atoms with van der Waals surface area (Å²) >= 11 is 0. The molecule has 4 nitrogen and oxygen atoms in total. The van der Waals surface area contributed by atoms with Crippen LogP contribution in [0.1, 0.15) is 24.6 Å². The molecular formula is C16H16N4. The van der Waals surface area contributed by atoms with Crippen molar-refractivity contribution in [2.24, 2.45) is 0 Å². The molecule has 0 radical (unpaired) electrons. The second-order valence-corrected chi connectivity index (χ2v) is 5.21. The molecule has 1 aliphatic heterocycles.